The molecule has 17 heavy (non-hydrogen) atoms. The molecule has 1 saturated heterocycles. The van der Waals surface area contributed by atoms with Crippen molar-refractivity contribution < 1.29 is 0 Å². The van der Waals surface area contributed by atoms with E-state index in [0.29, 0.717) is 5.41 Å². The van der Waals surface area contributed by atoms with Crippen molar-refractivity contribution in [3.05, 3.63) is 0 Å². The Morgan fingerprint density at radius 3 is 2.71 bits per heavy atom. The van der Waals surface area contributed by atoms with Gasteiger partial charge < -0.3 is 10.2 Å². The van der Waals surface area contributed by atoms with Gasteiger partial charge in [-0.25, -0.2) is 0 Å². The van der Waals surface area contributed by atoms with Gasteiger partial charge in [-0.1, -0.05) is 34.1 Å². The number of rotatable bonds is 7. The van der Waals surface area contributed by atoms with Gasteiger partial charge in [-0.2, -0.15) is 0 Å². The highest BCUT2D eigenvalue weighted by Gasteiger charge is 2.27. The molecule has 1 rings (SSSR count). The van der Waals surface area contributed by atoms with Crippen LogP contribution < -0.4 is 5.32 Å². The van der Waals surface area contributed by atoms with Gasteiger partial charge in [0, 0.05) is 19.6 Å². The summed E-state index contributed by atoms with van der Waals surface area (Å²) in [6, 6.07) is 0. The first-order chi connectivity index (χ1) is 8.09. The highest BCUT2D eigenvalue weighted by atomic mass is 15.1. The number of nitrogens with one attached hydrogen (secondary N) is 1. The Labute approximate surface area is 108 Å². The van der Waals surface area contributed by atoms with Crippen molar-refractivity contribution in [3.63, 3.8) is 0 Å². The second-order valence-corrected chi connectivity index (χ2v) is 6.32. The Bertz CT molecular complexity index is 205. The summed E-state index contributed by atoms with van der Waals surface area (Å²) in [7, 11) is 0. The summed E-state index contributed by atoms with van der Waals surface area (Å²) >= 11 is 0. The second kappa shape index (κ2) is 7.38. The molecule has 2 atom stereocenters. The zero-order chi connectivity index (χ0) is 12.7. The molecule has 0 spiro atoms. The van der Waals surface area contributed by atoms with Crippen molar-refractivity contribution in [1.82, 2.24) is 10.2 Å². The summed E-state index contributed by atoms with van der Waals surface area (Å²) in [6.45, 7) is 15.5. The second-order valence-electron chi connectivity index (χ2n) is 6.32. The monoisotopic (exact) mass is 240 g/mol. The predicted octanol–water partition coefficient (Wildman–Crippen LogP) is 3.13. The van der Waals surface area contributed by atoms with Gasteiger partial charge in [-0.15, -0.1) is 0 Å². The quantitative estimate of drug-likeness (QED) is 0.735. The minimum absolute atomic E-state index is 0.460. The normalized spacial score (nSPS) is 25.8. The smallest absolute Gasteiger partial charge is 0.00476 e. The highest BCUT2D eigenvalue weighted by molar-refractivity contribution is 4.82. The first kappa shape index (κ1) is 15.0. The Morgan fingerprint density at radius 1 is 1.35 bits per heavy atom. The summed E-state index contributed by atoms with van der Waals surface area (Å²) in [5.41, 5.74) is 0.460. The van der Waals surface area contributed by atoms with E-state index in [-0.39, 0.29) is 0 Å². The van der Waals surface area contributed by atoms with Crippen LogP contribution in [0.1, 0.15) is 53.4 Å². The minimum Gasteiger partial charge on any atom is -0.316 e. The number of piperidine rings is 1. The van der Waals surface area contributed by atoms with Crippen molar-refractivity contribution in [2.24, 2.45) is 11.3 Å². The Balaban J connectivity index is 2.46. The van der Waals surface area contributed by atoms with Crippen LogP contribution in [0.5, 0.6) is 0 Å². The predicted molar refractivity (Wildman–Crippen MR) is 76.4 cm³/mol. The summed E-state index contributed by atoms with van der Waals surface area (Å²) in [5.74, 6) is 0.897. The summed E-state index contributed by atoms with van der Waals surface area (Å²) in [6.07, 6.45) is 5.45. The first-order valence-corrected chi connectivity index (χ1v) is 7.52. The lowest BCUT2D eigenvalue weighted by Gasteiger charge is -2.39. The SMILES string of the molecule is CCCC(C)(CNCC)CN1CCCC(C)C1. The molecule has 2 unspecified atom stereocenters. The topological polar surface area (TPSA) is 15.3 Å². The third-order valence-corrected chi connectivity index (χ3v) is 4.00. The van der Waals surface area contributed by atoms with Crippen LogP contribution in [0.2, 0.25) is 0 Å². The van der Waals surface area contributed by atoms with Crippen molar-refractivity contribution in [1.29, 1.82) is 0 Å². The van der Waals surface area contributed by atoms with Gasteiger partial charge >= 0.3 is 0 Å². The van der Waals surface area contributed by atoms with E-state index in [2.05, 4.69) is 37.9 Å². The van der Waals surface area contributed by atoms with Gasteiger partial charge in [-0.05, 0) is 43.7 Å². The zero-order valence-corrected chi connectivity index (χ0v) is 12.4. The molecule has 0 amide bonds. The van der Waals surface area contributed by atoms with Crippen molar-refractivity contribution in [2.75, 3.05) is 32.7 Å². The van der Waals surface area contributed by atoms with Gasteiger partial charge in [-0.3, -0.25) is 0 Å². The maximum atomic E-state index is 3.55. The molecule has 0 saturated carbocycles. The standard InChI is InChI=1S/C15H32N2/c1-5-9-15(4,12-16-6-2)13-17-10-7-8-14(3)11-17/h14,16H,5-13H2,1-4H3. The van der Waals surface area contributed by atoms with E-state index in [1.165, 1.54) is 51.9 Å². The fourth-order valence-electron chi connectivity index (χ4n) is 3.22. The van der Waals surface area contributed by atoms with E-state index in [4.69, 9.17) is 0 Å². The summed E-state index contributed by atoms with van der Waals surface area (Å²) in [5, 5.41) is 3.55. The van der Waals surface area contributed by atoms with Crippen LogP contribution in [0.4, 0.5) is 0 Å². The van der Waals surface area contributed by atoms with Crippen LogP contribution in [0.15, 0.2) is 0 Å². The van der Waals surface area contributed by atoms with Gasteiger partial charge in [0.05, 0.1) is 0 Å². The molecule has 2 nitrogen and oxygen atoms in total. The van der Waals surface area contributed by atoms with Gasteiger partial charge in [0.25, 0.3) is 0 Å². The number of hydrogen-bond donors (Lipinski definition) is 1. The maximum Gasteiger partial charge on any atom is 0.00476 e. The molecule has 0 radical (unpaired) electrons. The zero-order valence-electron chi connectivity index (χ0n) is 12.4. The van der Waals surface area contributed by atoms with Gasteiger partial charge in [0.1, 0.15) is 0 Å². The average molecular weight is 240 g/mol. The van der Waals surface area contributed by atoms with Gasteiger partial charge in [0.2, 0.25) is 0 Å². The minimum atomic E-state index is 0.460. The molecule has 2 heteroatoms. The third kappa shape index (κ3) is 5.39. The molecule has 0 bridgehead atoms. The Kier molecular flexibility index (Phi) is 6.50. The molecule has 1 aliphatic rings. The van der Waals surface area contributed by atoms with Crippen molar-refractivity contribution >= 4 is 0 Å². The number of hydrogen-bond acceptors (Lipinski definition) is 2. The van der Waals surface area contributed by atoms with Crippen LogP contribution in [0.3, 0.4) is 0 Å². The summed E-state index contributed by atoms with van der Waals surface area (Å²) in [4.78, 5) is 2.70. The molecule has 1 heterocycles. The van der Waals surface area contributed by atoms with E-state index >= 15 is 0 Å². The molecule has 1 N–H and O–H groups in total. The molecule has 1 fully saturated rings. The van der Waals surface area contributed by atoms with E-state index in [1.54, 1.807) is 0 Å². The number of likely N-dealkylation sites (tertiary alicyclic amines) is 1. The fourth-order valence-corrected chi connectivity index (χ4v) is 3.22. The van der Waals surface area contributed by atoms with Crippen LogP contribution in [0.25, 0.3) is 0 Å². The van der Waals surface area contributed by atoms with E-state index in [9.17, 15) is 0 Å². The lowest BCUT2D eigenvalue weighted by Crippen LogP contribution is -2.45. The molecule has 0 aromatic carbocycles. The lowest BCUT2D eigenvalue weighted by molar-refractivity contribution is 0.109. The van der Waals surface area contributed by atoms with Crippen molar-refractivity contribution in [2.45, 2.75) is 53.4 Å². The largest absolute Gasteiger partial charge is 0.316 e. The average Bonchev–Trinajstić information content (AvgIpc) is 2.27. The van der Waals surface area contributed by atoms with Crippen LogP contribution in [0, 0.1) is 11.3 Å². The van der Waals surface area contributed by atoms with Crippen LogP contribution in [-0.4, -0.2) is 37.6 Å². The first-order valence-electron chi connectivity index (χ1n) is 7.52. The molecule has 1 aliphatic heterocycles. The molecular formula is C15H32N2. The molecular weight excluding hydrogens is 208 g/mol. The highest BCUT2D eigenvalue weighted by Crippen LogP contribution is 2.26. The lowest BCUT2D eigenvalue weighted by atomic mass is 9.84. The summed E-state index contributed by atoms with van der Waals surface area (Å²) < 4.78 is 0. The Morgan fingerprint density at radius 2 is 2.12 bits per heavy atom. The van der Waals surface area contributed by atoms with Gasteiger partial charge in [0.15, 0.2) is 0 Å². The molecule has 0 aromatic rings. The third-order valence-electron chi connectivity index (χ3n) is 4.00. The van der Waals surface area contributed by atoms with Crippen molar-refractivity contribution in [3.8, 4) is 0 Å². The van der Waals surface area contributed by atoms with E-state index < -0.39 is 0 Å². The Hall–Kier alpha value is -0.0800. The molecule has 102 valence electrons. The molecule has 0 aliphatic carbocycles. The van der Waals surface area contributed by atoms with E-state index in [0.717, 1.165) is 12.5 Å². The van der Waals surface area contributed by atoms with E-state index in [1.807, 2.05) is 0 Å². The maximum absolute atomic E-state index is 3.55. The fraction of sp³-hybridized carbons (Fsp3) is 1.00. The van der Waals surface area contributed by atoms with Crippen LogP contribution in [-0.2, 0) is 0 Å². The van der Waals surface area contributed by atoms with Crippen LogP contribution >= 0.6 is 0 Å². The number of nitrogens with zero attached hydrogens (tertiary/aromatic N) is 1. The molecule has 0 aromatic heterocycles.